The molecule has 1 N–H and O–H groups in total. The van der Waals surface area contributed by atoms with Crippen molar-refractivity contribution in [1.29, 1.82) is 0 Å². The molecule has 1 aliphatic rings. The average molecular weight is 552 g/mol. The molecule has 3 aromatic rings. The van der Waals surface area contributed by atoms with Crippen LogP contribution in [0.2, 0.25) is 11.6 Å². The summed E-state index contributed by atoms with van der Waals surface area (Å²) < 4.78 is 11.6. The van der Waals surface area contributed by atoms with Gasteiger partial charge in [0.25, 0.3) is 0 Å². The molecule has 204 valence electrons. The van der Waals surface area contributed by atoms with Crippen LogP contribution in [-0.2, 0) is 4.74 Å². The maximum atomic E-state index is 12.1. The summed E-state index contributed by atoms with van der Waals surface area (Å²) in [6, 6.07) is 18.2. The normalized spacial score (nSPS) is 20.1. The molecule has 1 unspecified atom stereocenters. The number of carbonyl (C=O) groups is 1. The van der Waals surface area contributed by atoms with Crippen molar-refractivity contribution in [3.63, 3.8) is 0 Å². The molecule has 38 heavy (non-hydrogen) atoms. The fourth-order valence-electron chi connectivity index (χ4n) is 4.64. The predicted octanol–water partition coefficient (Wildman–Crippen LogP) is 6.29. The summed E-state index contributed by atoms with van der Waals surface area (Å²) in [5.74, 6) is 0.586. The Labute approximate surface area is 233 Å². The zero-order chi connectivity index (χ0) is 27.4. The zero-order valence-electron chi connectivity index (χ0n) is 23.7. The predicted molar refractivity (Wildman–Crippen MR) is 159 cm³/mol. The molecule has 4 rings (SSSR count). The van der Waals surface area contributed by atoms with Crippen molar-refractivity contribution >= 4 is 26.3 Å². The molecular weight excluding hydrogens is 511 g/mol. The lowest BCUT2D eigenvalue weighted by Crippen LogP contribution is -2.55. The van der Waals surface area contributed by atoms with Gasteiger partial charge in [-0.25, -0.2) is 9.78 Å². The Kier molecular flexibility index (Phi) is 9.08. The van der Waals surface area contributed by atoms with Crippen molar-refractivity contribution in [3.8, 4) is 16.3 Å². The average Bonchev–Trinajstić information content (AvgIpc) is 3.37. The Balaban J connectivity index is 1.67. The number of carbonyl (C=O) groups excluding carboxylic acids is 1. The first-order valence-corrected chi connectivity index (χ1v) is 16.6. The molecule has 6 nitrogen and oxygen atoms in total. The number of thiazole rings is 1. The summed E-state index contributed by atoms with van der Waals surface area (Å²) in [7, 11) is -1.41. The van der Waals surface area contributed by atoms with Crippen LogP contribution in [0.5, 0.6) is 5.75 Å². The van der Waals surface area contributed by atoms with E-state index in [0.717, 1.165) is 29.4 Å². The SMILES string of the molecule is CCOC(=O)c1csc(-c2ccc(C(c3cccc(O[Si@H](C)C(C)(C)C)c3)N3C[C@H](C)NC[C@@H]3C)cc2)n1. The van der Waals surface area contributed by atoms with E-state index >= 15 is 0 Å². The van der Waals surface area contributed by atoms with E-state index < -0.39 is 9.04 Å². The molecule has 0 saturated carbocycles. The number of hydrogen-bond donors (Lipinski definition) is 1. The van der Waals surface area contributed by atoms with Gasteiger partial charge in [0.1, 0.15) is 10.8 Å². The van der Waals surface area contributed by atoms with Gasteiger partial charge in [0.05, 0.1) is 12.6 Å². The Hall–Kier alpha value is -2.52. The van der Waals surface area contributed by atoms with Crippen LogP contribution in [-0.4, -0.2) is 56.7 Å². The molecule has 0 bridgehead atoms. The molecule has 1 fully saturated rings. The lowest BCUT2D eigenvalue weighted by molar-refractivity contribution is 0.0520. The first-order valence-electron chi connectivity index (χ1n) is 13.6. The Morgan fingerprint density at radius 3 is 2.61 bits per heavy atom. The van der Waals surface area contributed by atoms with Gasteiger partial charge in [-0.3, -0.25) is 4.90 Å². The van der Waals surface area contributed by atoms with E-state index in [1.807, 2.05) is 0 Å². The third kappa shape index (κ3) is 6.72. The lowest BCUT2D eigenvalue weighted by atomic mass is 9.93. The molecule has 4 atom stereocenters. The summed E-state index contributed by atoms with van der Waals surface area (Å²) in [6.45, 7) is 17.7. The summed E-state index contributed by atoms with van der Waals surface area (Å²) in [4.78, 5) is 19.2. The van der Waals surface area contributed by atoms with Crippen LogP contribution in [0.1, 0.15) is 69.2 Å². The van der Waals surface area contributed by atoms with Gasteiger partial charge >= 0.3 is 5.97 Å². The summed E-state index contributed by atoms with van der Waals surface area (Å²) in [5.41, 5.74) is 3.83. The van der Waals surface area contributed by atoms with Crippen molar-refractivity contribution in [3.05, 3.63) is 70.7 Å². The third-order valence-corrected chi connectivity index (χ3v) is 11.3. The highest BCUT2D eigenvalue weighted by Crippen LogP contribution is 2.36. The second kappa shape index (κ2) is 12.1. The Bertz CT molecular complexity index is 1220. The van der Waals surface area contributed by atoms with Crippen molar-refractivity contribution in [2.75, 3.05) is 19.7 Å². The smallest absolute Gasteiger partial charge is 0.357 e. The van der Waals surface area contributed by atoms with Crippen LogP contribution in [0, 0.1) is 0 Å². The van der Waals surface area contributed by atoms with Gasteiger partial charge in [-0.1, -0.05) is 57.2 Å². The van der Waals surface area contributed by atoms with Gasteiger partial charge in [-0.15, -0.1) is 11.3 Å². The van der Waals surface area contributed by atoms with Crippen LogP contribution in [0.4, 0.5) is 0 Å². The Morgan fingerprint density at radius 1 is 1.18 bits per heavy atom. The quantitative estimate of drug-likeness (QED) is 0.262. The van der Waals surface area contributed by atoms with E-state index in [9.17, 15) is 4.79 Å². The minimum absolute atomic E-state index is 0.102. The standard InChI is InChI=1S/C30H41N3O3SSi/c1-8-35-29(34)26-19-37-28(32-26)23-14-12-22(13-15-23)27(33-18-20(2)31-17-21(33)3)24-10-9-11-25(16-24)36-38(7)30(4,5)6/h9-16,19-21,27,31,38H,8,17-18H2,1-7H3/t20-,21-,27?,38+/m0/s1. The lowest BCUT2D eigenvalue weighted by Gasteiger charge is -2.43. The number of rotatable bonds is 8. The van der Waals surface area contributed by atoms with Gasteiger partial charge in [0.15, 0.2) is 5.69 Å². The van der Waals surface area contributed by atoms with Gasteiger partial charge in [0, 0.05) is 36.1 Å². The van der Waals surface area contributed by atoms with Gasteiger partial charge in [-0.2, -0.15) is 0 Å². The molecule has 0 amide bonds. The van der Waals surface area contributed by atoms with E-state index in [0.29, 0.717) is 24.4 Å². The number of esters is 1. The molecule has 2 heterocycles. The highest BCUT2D eigenvalue weighted by molar-refractivity contribution is 7.13. The van der Waals surface area contributed by atoms with Gasteiger partial charge < -0.3 is 14.5 Å². The van der Waals surface area contributed by atoms with Crippen LogP contribution in [0.3, 0.4) is 0 Å². The van der Waals surface area contributed by atoms with Crippen molar-refractivity contribution < 1.29 is 14.0 Å². The summed E-state index contributed by atoms with van der Waals surface area (Å²) in [5, 5.41) is 6.39. The molecule has 2 aromatic carbocycles. The number of nitrogens with one attached hydrogen (secondary N) is 1. The largest absolute Gasteiger partial charge is 0.546 e. The first-order chi connectivity index (χ1) is 18.1. The number of nitrogens with zero attached hydrogens (tertiary/aromatic N) is 2. The third-order valence-electron chi connectivity index (χ3n) is 7.31. The molecule has 1 saturated heterocycles. The zero-order valence-corrected chi connectivity index (χ0v) is 25.6. The summed E-state index contributed by atoms with van der Waals surface area (Å²) in [6.07, 6.45) is 0. The van der Waals surface area contributed by atoms with Crippen LogP contribution < -0.4 is 9.74 Å². The molecule has 8 heteroatoms. The van der Waals surface area contributed by atoms with E-state index in [2.05, 4.69) is 105 Å². The minimum Gasteiger partial charge on any atom is -0.546 e. The molecule has 1 aliphatic heterocycles. The number of benzene rings is 2. The first kappa shape index (κ1) is 28.5. The van der Waals surface area contributed by atoms with E-state index in [-0.39, 0.29) is 17.0 Å². The summed E-state index contributed by atoms with van der Waals surface area (Å²) >= 11 is 1.46. The van der Waals surface area contributed by atoms with Crippen LogP contribution in [0.25, 0.3) is 10.6 Å². The highest BCUT2D eigenvalue weighted by atomic mass is 32.1. The number of ether oxygens (including phenoxy) is 1. The fraction of sp³-hybridized carbons (Fsp3) is 0.467. The van der Waals surface area contributed by atoms with E-state index in [4.69, 9.17) is 9.16 Å². The number of piperazine rings is 1. The van der Waals surface area contributed by atoms with E-state index in [1.54, 1.807) is 12.3 Å². The monoisotopic (exact) mass is 551 g/mol. The Morgan fingerprint density at radius 2 is 1.92 bits per heavy atom. The number of aromatic nitrogens is 1. The minimum atomic E-state index is -1.41. The van der Waals surface area contributed by atoms with Gasteiger partial charge in [-0.05, 0) is 55.6 Å². The maximum absolute atomic E-state index is 12.1. The highest BCUT2D eigenvalue weighted by Gasteiger charge is 2.32. The van der Waals surface area contributed by atoms with Crippen LogP contribution in [0.15, 0.2) is 53.9 Å². The second-order valence-electron chi connectivity index (χ2n) is 11.3. The maximum Gasteiger partial charge on any atom is 0.357 e. The number of hydrogen-bond acceptors (Lipinski definition) is 7. The fourth-order valence-corrected chi connectivity index (χ4v) is 6.34. The van der Waals surface area contributed by atoms with Crippen molar-refractivity contribution in [2.24, 2.45) is 0 Å². The van der Waals surface area contributed by atoms with Gasteiger partial charge in [0.2, 0.25) is 9.04 Å². The molecule has 0 spiro atoms. The molecule has 0 radical (unpaired) electrons. The van der Waals surface area contributed by atoms with Crippen molar-refractivity contribution in [1.82, 2.24) is 15.2 Å². The van der Waals surface area contributed by atoms with Crippen LogP contribution >= 0.6 is 11.3 Å². The molecule has 0 aliphatic carbocycles. The second-order valence-corrected chi connectivity index (χ2v) is 15.4. The topological polar surface area (TPSA) is 63.7 Å². The molecular formula is C30H41N3O3SSi. The van der Waals surface area contributed by atoms with Crippen molar-refractivity contribution in [2.45, 2.75) is 71.3 Å². The van der Waals surface area contributed by atoms with E-state index in [1.165, 1.54) is 22.5 Å². The molecule has 1 aromatic heterocycles.